The van der Waals surface area contributed by atoms with E-state index in [1.165, 1.54) is 0 Å². The molecule has 102 valence electrons. The van der Waals surface area contributed by atoms with Gasteiger partial charge in [-0.25, -0.2) is 4.98 Å². The van der Waals surface area contributed by atoms with Crippen molar-refractivity contribution in [3.05, 3.63) is 36.3 Å². The number of pyridine rings is 1. The van der Waals surface area contributed by atoms with E-state index in [1.54, 1.807) is 17.1 Å². The highest BCUT2D eigenvalue weighted by atomic mass is 16.5. The molecule has 2 aromatic rings. The van der Waals surface area contributed by atoms with E-state index in [2.05, 4.69) is 29.2 Å². The minimum absolute atomic E-state index is 0.584. The monoisotopic (exact) mass is 260 g/mol. The predicted octanol–water partition coefficient (Wildman–Crippen LogP) is 2.35. The lowest BCUT2D eigenvalue weighted by Crippen LogP contribution is -2.18. The maximum absolute atomic E-state index is 5.58. The summed E-state index contributed by atoms with van der Waals surface area (Å²) in [6.45, 7) is 6.22. The van der Waals surface area contributed by atoms with E-state index < -0.39 is 0 Å². The summed E-state index contributed by atoms with van der Waals surface area (Å²) < 4.78 is 7.28. The number of hydrogen-bond acceptors (Lipinski definition) is 4. The van der Waals surface area contributed by atoms with E-state index in [4.69, 9.17) is 4.74 Å². The van der Waals surface area contributed by atoms with Crippen LogP contribution in [0.2, 0.25) is 0 Å². The number of nitrogens with zero attached hydrogens (tertiary/aromatic N) is 3. The second-order valence-electron chi connectivity index (χ2n) is 4.98. The van der Waals surface area contributed by atoms with Gasteiger partial charge in [0.2, 0.25) is 5.88 Å². The van der Waals surface area contributed by atoms with E-state index in [9.17, 15) is 0 Å². The van der Waals surface area contributed by atoms with Crippen molar-refractivity contribution < 1.29 is 4.74 Å². The first kappa shape index (κ1) is 13.5. The standard InChI is InChI=1S/C14H20N4O/c1-11(2)6-15-7-12-4-5-14(16-8-12)19-13-9-17-18(3)10-13/h4-5,8-11,15H,6-7H2,1-3H3. The molecule has 0 saturated heterocycles. The number of ether oxygens (including phenoxy) is 1. The van der Waals surface area contributed by atoms with Crippen LogP contribution in [0.3, 0.4) is 0 Å². The average molecular weight is 260 g/mol. The quantitative estimate of drug-likeness (QED) is 0.866. The molecule has 0 unspecified atom stereocenters. The van der Waals surface area contributed by atoms with Crippen molar-refractivity contribution in [2.75, 3.05) is 6.54 Å². The minimum Gasteiger partial charge on any atom is -0.436 e. The number of rotatable bonds is 6. The molecule has 1 N–H and O–H groups in total. The van der Waals surface area contributed by atoms with Gasteiger partial charge in [-0.2, -0.15) is 5.10 Å². The van der Waals surface area contributed by atoms with E-state index in [0.29, 0.717) is 17.5 Å². The molecule has 0 aliphatic rings. The van der Waals surface area contributed by atoms with Gasteiger partial charge in [-0.3, -0.25) is 4.68 Å². The molecule has 0 spiro atoms. The predicted molar refractivity (Wildman–Crippen MR) is 74.1 cm³/mol. The molecule has 0 aromatic carbocycles. The maximum atomic E-state index is 5.58. The van der Waals surface area contributed by atoms with Gasteiger partial charge in [0.25, 0.3) is 0 Å². The molecule has 2 aromatic heterocycles. The third-order valence-electron chi connectivity index (χ3n) is 2.58. The molecule has 0 fully saturated rings. The Bertz CT molecular complexity index is 504. The van der Waals surface area contributed by atoms with Crippen molar-refractivity contribution in [3.8, 4) is 11.6 Å². The smallest absolute Gasteiger partial charge is 0.219 e. The summed E-state index contributed by atoms with van der Waals surface area (Å²) >= 11 is 0. The lowest BCUT2D eigenvalue weighted by molar-refractivity contribution is 0.461. The van der Waals surface area contributed by atoms with Crippen LogP contribution >= 0.6 is 0 Å². The number of aryl methyl sites for hydroxylation is 1. The van der Waals surface area contributed by atoms with Gasteiger partial charge in [0.05, 0.1) is 12.4 Å². The Morgan fingerprint density at radius 2 is 2.16 bits per heavy atom. The Morgan fingerprint density at radius 3 is 2.74 bits per heavy atom. The zero-order valence-electron chi connectivity index (χ0n) is 11.6. The number of hydrogen-bond donors (Lipinski definition) is 1. The molecule has 2 heterocycles. The fraction of sp³-hybridized carbons (Fsp3) is 0.429. The van der Waals surface area contributed by atoms with Crippen LogP contribution in [0, 0.1) is 5.92 Å². The van der Waals surface area contributed by atoms with Gasteiger partial charge in [0.15, 0.2) is 5.75 Å². The molecule has 0 bridgehead atoms. The van der Waals surface area contributed by atoms with Crippen molar-refractivity contribution in [2.45, 2.75) is 20.4 Å². The van der Waals surface area contributed by atoms with Gasteiger partial charge < -0.3 is 10.1 Å². The number of aromatic nitrogens is 3. The summed E-state index contributed by atoms with van der Waals surface area (Å²) in [4.78, 5) is 4.28. The van der Waals surface area contributed by atoms with Crippen LogP contribution in [-0.4, -0.2) is 21.3 Å². The van der Waals surface area contributed by atoms with Crippen LogP contribution < -0.4 is 10.1 Å². The van der Waals surface area contributed by atoms with E-state index >= 15 is 0 Å². The Balaban J connectivity index is 1.87. The van der Waals surface area contributed by atoms with Gasteiger partial charge in [-0.05, 0) is 18.0 Å². The Hall–Kier alpha value is -1.88. The molecule has 0 radical (unpaired) electrons. The molecule has 2 rings (SSSR count). The van der Waals surface area contributed by atoms with Crippen LogP contribution in [0.1, 0.15) is 19.4 Å². The van der Waals surface area contributed by atoms with Gasteiger partial charge in [0, 0.05) is 25.9 Å². The van der Waals surface area contributed by atoms with Crippen molar-refractivity contribution in [1.82, 2.24) is 20.1 Å². The highest BCUT2D eigenvalue weighted by Crippen LogP contribution is 2.17. The summed E-state index contributed by atoms with van der Waals surface area (Å²) in [6, 6.07) is 3.89. The van der Waals surface area contributed by atoms with E-state index in [1.807, 2.05) is 25.4 Å². The molecule has 0 amide bonds. The van der Waals surface area contributed by atoms with E-state index in [0.717, 1.165) is 18.7 Å². The number of nitrogens with one attached hydrogen (secondary N) is 1. The third-order valence-corrected chi connectivity index (χ3v) is 2.58. The van der Waals surface area contributed by atoms with Crippen LogP contribution in [0.5, 0.6) is 11.6 Å². The first-order valence-corrected chi connectivity index (χ1v) is 6.45. The van der Waals surface area contributed by atoms with Crippen LogP contribution in [0.4, 0.5) is 0 Å². The third kappa shape index (κ3) is 4.37. The van der Waals surface area contributed by atoms with Crippen LogP contribution in [0.25, 0.3) is 0 Å². The zero-order chi connectivity index (χ0) is 13.7. The van der Waals surface area contributed by atoms with Gasteiger partial charge in [-0.15, -0.1) is 0 Å². The SMILES string of the molecule is CC(C)CNCc1ccc(Oc2cnn(C)c2)nc1. The lowest BCUT2D eigenvalue weighted by Gasteiger charge is -2.07. The summed E-state index contributed by atoms with van der Waals surface area (Å²) in [6.07, 6.45) is 5.30. The van der Waals surface area contributed by atoms with Crippen molar-refractivity contribution in [3.63, 3.8) is 0 Å². The highest BCUT2D eigenvalue weighted by Gasteiger charge is 2.01. The minimum atomic E-state index is 0.584. The zero-order valence-corrected chi connectivity index (χ0v) is 11.6. The largest absolute Gasteiger partial charge is 0.436 e. The molecular formula is C14H20N4O. The van der Waals surface area contributed by atoms with E-state index in [-0.39, 0.29) is 0 Å². The first-order valence-electron chi connectivity index (χ1n) is 6.45. The topological polar surface area (TPSA) is 52.0 Å². The fourth-order valence-electron chi connectivity index (χ4n) is 1.65. The van der Waals surface area contributed by atoms with Gasteiger partial charge >= 0.3 is 0 Å². The molecule has 0 aliphatic heterocycles. The van der Waals surface area contributed by atoms with Crippen LogP contribution in [0.15, 0.2) is 30.7 Å². The molecule has 0 saturated carbocycles. The summed E-state index contributed by atoms with van der Waals surface area (Å²) in [7, 11) is 1.85. The van der Waals surface area contributed by atoms with Crippen molar-refractivity contribution in [1.29, 1.82) is 0 Å². The lowest BCUT2D eigenvalue weighted by atomic mass is 10.2. The second kappa shape index (κ2) is 6.33. The summed E-state index contributed by atoms with van der Waals surface area (Å²) in [5, 5.41) is 7.42. The Labute approximate surface area is 113 Å². The van der Waals surface area contributed by atoms with Crippen molar-refractivity contribution >= 4 is 0 Å². The molecule has 0 atom stereocenters. The molecular weight excluding hydrogens is 240 g/mol. The van der Waals surface area contributed by atoms with Gasteiger partial charge in [0.1, 0.15) is 0 Å². The second-order valence-corrected chi connectivity index (χ2v) is 4.98. The molecule has 5 heteroatoms. The normalized spacial score (nSPS) is 10.9. The Kier molecular flexibility index (Phi) is 4.52. The summed E-state index contributed by atoms with van der Waals surface area (Å²) in [5.74, 6) is 1.93. The highest BCUT2D eigenvalue weighted by molar-refractivity contribution is 5.23. The Morgan fingerprint density at radius 1 is 1.32 bits per heavy atom. The molecule has 19 heavy (non-hydrogen) atoms. The molecule has 5 nitrogen and oxygen atoms in total. The molecule has 0 aliphatic carbocycles. The van der Waals surface area contributed by atoms with Crippen molar-refractivity contribution in [2.24, 2.45) is 13.0 Å². The first-order chi connectivity index (χ1) is 9.13. The summed E-state index contributed by atoms with van der Waals surface area (Å²) in [5.41, 5.74) is 1.15. The average Bonchev–Trinajstić information content (AvgIpc) is 2.77. The fourth-order valence-corrected chi connectivity index (χ4v) is 1.65. The van der Waals surface area contributed by atoms with Crippen LogP contribution in [-0.2, 0) is 13.6 Å². The van der Waals surface area contributed by atoms with Gasteiger partial charge in [-0.1, -0.05) is 19.9 Å². The maximum Gasteiger partial charge on any atom is 0.219 e.